The van der Waals surface area contributed by atoms with E-state index in [-0.39, 0.29) is 24.0 Å². The normalized spacial score (nSPS) is 11.8. The summed E-state index contributed by atoms with van der Waals surface area (Å²) in [5, 5.41) is 4.82. The zero-order chi connectivity index (χ0) is 20.8. The summed E-state index contributed by atoms with van der Waals surface area (Å²) in [6.07, 6.45) is 1.51. The number of fused-ring (bicyclic) bond motifs is 1. The summed E-state index contributed by atoms with van der Waals surface area (Å²) in [7, 11) is 0. The molecular formula is C22H23N3O4. The average Bonchev–Trinajstić information content (AvgIpc) is 3.25. The van der Waals surface area contributed by atoms with E-state index >= 15 is 0 Å². The Kier molecular flexibility index (Phi) is 6.29. The molecule has 0 saturated carbocycles. The Balaban J connectivity index is 1.62. The van der Waals surface area contributed by atoms with Gasteiger partial charge in [-0.05, 0) is 34.4 Å². The minimum absolute atomic E-state index is 0.0754. The van der Waals surface area contributed by atoms with E-state index in [9.17, 15) is 14.4 Å². The third kappa shape index (κ3) is 5.01. The highest BCUT2D eigenvalue weighted by Gasteiger charge is 2.25. The van der Waals surface area contributed by atoms with Crippen LogP contribution in [0.5, 0.6) is 0 Å². The van der Waals surface area contributed by atoms with Crippen LogP contribution < -0.4 is 16.2 Å². The van der Waals surface area contributed by atoms with Gasteiger partial charge in [-0.15, -0.1) is 0 Å². The fourth-order valence-electron chi connectivity index (χ4n) is 3.04. The zero-order valence-corrected chi connectivity index (χ0v) is 16.3. The van der Waals surface area contributed by atoms with E-state index in [1.54, 1.807) is 6.07 Å². The summed E-state index contributed by atoms with van der Waals surface area (Å²) >= 11 is 0. The number of furan rings is 1. The summed E-state index contributed by atoms with van der Waals surface area (Å²) in [6, 6.07) is 15.9. The van der Waals surface area contributed by atoms with Gasteiger partial charge in [0, 0.05) is 0 Å². The molecule has 0 aliphatic carbocycles. The molecule has 150 valence electrons. The molecule has 0 unspecified atom stereocenters. The maximum absolute atomic E-state index is 12.6. The largest absolute Gasteiger partial charge is 0.459 e. The van der Waals surface area contributed by atoms with Crippen molar-refractivity contribution in [2.75, 3.05) is 0 Å². The number of carbonyl (C=O) groups excluding carboxylic acids is 3. The molecule has 0 spiro atoms. The molecule has 3 aromatic rings. The molecular weight excluding hydrogens is 370 g/mol. The van der Waals surface area contributed by atoms with Crippen LogP contribution in [0.15, 0.2) is 65.3 Å². The monoisotopic (exact) mass is 393 g/mol. The van der Waals surface area contributed by atoms with E-state index in [1.165, 1.54) is 12.3 Å². The van der Waals surface area contributed by atoms with Crippen LogP contribution in [-0.2, 0) is 16.0 Å². The van der Waals surface area contributed by atoms with Crippen LogP contribution in [0.1, 0.15) is 30.0 Å². The first-order valence-electron chi connectivity index (χ1n) is 9.35. The van der Waals surface area contributed by atoms with E-state index in [0.29, 0.717) is 0 Å². The summed E-state index contributed by atoms with van der Waals surface area (Å²) < 4.78 is 4.97. The number of rotatable bonds is 6. The molecule has 0 fully saturated rings. The van der Waals surface area contributed by atoms with E-state index in [2.05, 4.69) is 16.2 Å². The average molecular weight is 393 g/mol. The van der Waals surface area contributed by atoms with Crippen LogP contribution >= 0.6 is 0 Å². The molecule has 1 heterocycles. The predicted molar refractivity (Wildman–Crippen MR) is 109 cm³/mol. The van der Waals surface area contributed by atoms with Gasteiger partial charge in [-0.25, -0.2) is 0 Å². The third-order valence-corrected chi connectivity index (χ3v) is 4.54. The number of benzene rings is 2. The van der Waals surface area contributed by atoms with Gasteiger partial charge in [0.05, 0.1) is 12.7 Å². The standard InChI is InChI=1S/C22H23N3O4/c1-14(2)20(22(28)25-24-21(27)18-11-6-12-29-18)23-19(26)13-16-9-5-8-15-7-3-4-10-17(15)16/h3-12,14,20H,13H2,1-2H3,(H,23,26)(H,24,27)(H,25,28)/t20-/m0/s1. The SMILES string of the molecule is CC(C)[C@H](NC(=O)Cc1cccc2ccccc12)C(=O)NNC(=O)c1ccco1. The molecule has 1 aromatic heterocycles. The number of hydrazine groups is 1. The zero-order valence-electron chi connectivity index (χ0n) is 16.3. The molecule has 3 amide bonds. The lowest BCUT2D eigenvalue weighted by Gasteiger charge is -2.22. The Morgan fingerprint density at radius 2 is 1.69 bits per heavy atom. The lowest BCUT2D eigenvalue weighted by atomic mass is 10.0. The van der Waals surface area contributed by atoms with Gasteiger partial charge in [0.15, 0.2) is 5.76 Å². The fourth-order valence-corrected chi connectivity index (χ4v) is 3.04. The summed E-state index contributed by atoms with van der Waals surface area (Å²) in [5.41, 5.74) is 5.51. The number of hydrogen-bond donors (Lipinski definition) is 3. The summed E-state index contributed by atoms with van der Waals surface area (Å²) in [5.74, 6) is -1.45. The molecule has 7 heteroatoms. The van der Waals surface area contributed by atoms with Crippen molar-refractivity contribution >= 4 is 28.5 Å². The van der Waals surface area contributed by atoms with E-state index in [1.807, 2.05) is 56.3 Å². The Bertz CT molecular complexity index is 1010. The molecule has 0 bridgehead atoms. The van der Waals surface area contributed by atoms with Crippen LogP contribution in [0.25, 0.3) is 10.8 Å². The molecule has 3 N–H and O–H groups in total. The first-order chi connectivity index (χ1) is 14.0. The van der Waals surface area contributed by atoms with Crippen LogP contribution in [0.3, 0.4) is 0 Å². The van der Waals surface area contributed by atoms with Gasteiger partial charge in [0.25, 0.3) is 5.91 Å². The van der Waals surface area contributed by atoms with Crippen LogP contribution in [0.4, 0.5) is 0 Å². The molecule has 29 heavy (non-hydrogen) atoms. The maximum atomic E-state index is 12.6. The Hall–Kier alpha value is -3.61. The quantitative estimate of drug-likeness (QED) is 0.561. The second-order valence-electron chi connectivity index (χ2n) is 7.02. The smallest absolute Gasteiger partial charge is 0.305 e. The predicted octanol–water partition coefficient (Wildman–Crippen LogP) is 2.58. The molecule has 0 aliphatic rings. The van der Waals surface area contributed by atoms with E-state index in [4.69, 9.17) is 4.42 Å². The van der Waals surface area contributed by atoms with Crippen LogP contribution in [0, 0.1) is 5.92 Å². The number of nitrogens with one attached hydrogen (secondary N) is 3. The highest BCUT2D eigenvalue weighted by atomic mass is 16.3. The molecule has 0 saturated heterocycles. The first kappa shape index (κ1) is 20.1. The second-order valence-corrected chi connectivity index (χ2v) is 7.02. The number of carbonyl (C=O) groups is 3. The van der Waals surface area contributed by atoms with Crippen molar-refractivity contribution in [1.82, 2.24) is 16.2 Å². The fraction of sp³-hybridized carbons (Fsp3) is 0.227. The first-order valence-corrected chi connectivity index (χ1v) is 9.35. The third-order valence-electron chi connectivity index (χ3n) is 4.54. The van der Waals surface area contributed by atoms with Gasteiger partial charge >= 0.3 is 5.91 Å². The highest BCUT2D eigenvalue weighted by Crippen LogP contribution is 2.19. The molecule has 1 atom stereocenters. The Morgan fingerprint density at radius 3 is 2.41 bits per heavy atom. The second kappa shape index (κ2) is 9.05. The van der Waals surface area contributed by atoms with E-state index < -0.39 is 17.9 Å². The number of hydrogen-bond acceptors (Lipinski definition) is 4. The molecule has 2 aromatic carbocycles. The number of amides is 3. The van der Waals surface area contributed by atoms with Crippen molar-refractivity contribution in [2.24, 2.45) is 5.92 Å². The Morgan fingerprint density at radius 1 is 0.931 bits per heavy atom. The van der Waals surface area contributed by atoms with Crippen molar-refractivity contribution in [2.45, 2.75) is 26.3 Å². The van der Waals surface area contributed by atoms with Crippen LogP contribution in [0.2, 0.25) is 0 Å². The minimum Gasteiger partial charge on any atom is -0.459 e. The van der Waals surface area contributed by atoms with Gasteiger partial charge in [-0.3, -0.25) is 25.2 Å². The van der Waals surface area contributed by atoms with Crippen LogP contribution in [-0.4, -0.2) is 23.8 Å². The van der Waals surface area contributed by atoms with Gasteiger partial charge in [-0.2, -0.15) is 0 Å². The van der Waals surface area contributed by atoms with Crippen molar-refractivity contribution in [1.29, 1.82) is 0 Å². The van der Waals surface area contributed by atoms with Gasteiger partial charge in [0.2, 0.25) is 5.91 Å². The maximum Gasteiger partial charge on any atom is 0.305 e. The topological polar surface area (TPSA) is 100 Å². The van der Waals surface area contributed by atoms with E-state index in [0.717, 1.165) is 16.3 Å². The molecule has 0 aliphatic heterocycles. The summed E-state index contributed by atoms with van der Waals surface area (Å²) in [6.45, 7) is 3.63. The molecule has 0 radical (unpaired) electrons. The van der Waals surface area contributed by atoms with Crippen molar-refractivity contribution in [3.8, 4) is 0 Å². The molecule has 3 rings (SSSR count). The van der Waals surface area contributed by atoms with Gasteiger partial charge < -0.3 is 9.73 Å². The van der Waals surface area contributed by atoms with Crippen molar-refractivity contribution in [3.63, 3.8) is 0 Å². The lowest BCUT2D eigenvalue weighted by Crippen LogP contribution is -2.54. The van der Waals surface area contributed by atoms with Gasteiger partial charge in [0.1, 0.15) is 6.04 Å². The lowest BCUT2D eigenvalue weighted by molar-refractivity contribution is -0.130. The minimum atomic E-state index is -0.797. The molecule has 7 nitrogen and oxygen atoms in total. The summed E-state index contributed by atoms with van der Waals surface area (Å²) in [4.78, 5) is 37.0. The van der Waals surface area contributed by atoms with Gasteiger partial charge in [-0.1, -0.05) is 56.3 Å². The Labute approximate surface area is 168 Å². The van der Waals surface area contributed by atoms with Crippen molar-refractivity contribution < 1.29 is 18.8 Å². The highest BCUT2D eigenvalue weighted by molar-refractivity contribution is 5.95. The van der Waals surface area contributed by atoms with Crippen molar-refractivity contribution in [3.05, 3.63) is 72.2 Å².